The number of hydrogen-bond acceptors (Lipinski definition) is 3. The molecule has 2 aromatic rings. The van der Waals surface area contributed by atoms with Gasteiger partial charge in [-0.25, -0.2) is 0 Å². The Balaban J connectivity index is 2.13. The maximum absolute atomic E-state index is 5.56. The highest BCUT2D eigenvalue weighted by Gasteiger charge is 1.97. The predicted molar refractivity (Wildman–Crippen MR) is 71.2 cm³/mol. The van der Waals surface area contributed by atoms with Gasteiger partial charge >= 0.3 is 0 Å². The summed E-state index contributed by atoms with van der Waals surface area (Å²) in [5.74, 6) is 0. The lowest BCUT2D eigenvalue weighted by molar-refractivity contribution is 1.07. The van der Waals surface area contributed by atoms with E-state index >= 15 is 0 Å². The van der Waals surface area contributed by atoms with E-state index in [0.717, 1.165) is 23.4 Å². The Bertz CT molecular complexity index is 477. The molecule has 1 aromatic carbocycles. The third-order valence-electron chi connectivity index (χ3n) is 2.68. The van der Waals surface area contributed by atoms with Crippen molar-refractivity contribution in [2.24, 2.45) is 5.73 Å². The minimum absolute atomic E-state index is 0.577. The first kappa shape index (κ1) is 11.6. The van der Waals surface area contributed by atoms with Gasteiger partial charge in [0.1, 0.15) is 0 Å². The van der Waals surface area contributed by atoms with Crippen LogP contribution in [0.15, 0.2) is 42.7 Å². The van der Waals surface area contributed by atoms with E-state index in [1.54, 1.807) is 0 Å². The summed E-state index contributed by atoms with van der Waals surface area (Å²) < 4.78 is 0. The smallest absolute Gasteiger partial charge is 0.0573 e. The van der Waals surface area contributed by atoms with Crippen LogP contribution in [0.4, 0.5) is 11.4 Å². The molecule has 3 N–H and O–H groups in total. The molecule has 0 fully saturated rings. The van der Waals surface area contributed by atoms with E-state index in [-0.39, 0.29) is 0 Å². The average Bonchev–Trinajstić information content (AvgIpc) is 2.40. The number of hydrogen-bond donors (Lipinski definition) is 2. The van der Waals surface area contributed by atoms with Crippen molar-refractivity contribution in [2.45, 2.75) is 19.9 Å². The van der Waals surface area contributed by atoms with Crippen molar-refractivity contribution < 1.29 is 0 Å². The lowest BCUT2D eigenvalue weighted by atomic mass is 10.2. The number of benzene rings is 1. The summed E-state index contributed by atoms with van der Waals surface area (Å²) in [6.45, 7) is 2.70. The average molecular weight is 227 g/mol. The molecule has 88 valence electrons. The first-order valence-corrected chi connectivity index (χ1v) is 5.81. The number of aryl methyl sites for hydroxylation is 1. The number of nitrogens with zero attached hydrogens (tertiary/aromatic N) is 1. The highest BCUT2D eigenvalue weighted by Crippen LogP contribution is 2.17. The van der Waals surface area contributed by atoms with E-state index in [0.29, 0.717) is 6.54 Å². The maximum atomic E-state index is 5.56. The van der Waals surface area contributed by atoms with Crippen molar-refractivity contribution in [1.29, 1.82) is 0 Å². The van der Waals surface area contributed by atoms with Gasteiger partial charge in [0.15, 0.2) is 0 Å². The lowest BCUT2D eigenvalue weighted by Crippen LogP contribution is -1.97. The van der Waals surface area contributed by atoms with E-state index in [1.165, 1.54) is 5.56 Å². The van der Waals surface area contributed by atoms with Crippen LogP contribution in [0.3, 0.4) is 0 Å². The highest BCUT2D eigenvalue weighted by molar-refractivity contribution is 5.59. The number of pyridine rings is 1. The zero-order valence-corrected chi connectivity index (χ0v) is 9.98. The Kier molecular flexibility index (Phi) is 3.73. The van der Waals surface area contributed by atoms with Crippen LogP contribution in [-0.2, 0) is 13.0 Å². The van der Waals surface area contributed by atoms with Crippen LogP contribution in [-0.4, -0.2) is 4.98 Å². The summed E-state index contributed by atoms with van der Waals surface area (Å²) in [6.07, 6.45) is 4.72. The standard InChI is InChI=1S/C14H17N3/c1-2-11-7-14(10-16-9-11)17-13-5-3-12(8-15)4-6-13/h3-7,9-10,17H,2,8,15H2,1H3. The van der Waals surface area contributed by atoms with Gasteiger partial charge in [0.2, 0.25) is 0 Å². The molecule has 1 aromatic heterocycles. The summed E-state index contributed by atoms with van der Waals surface area (Å²) in [5, 5.41) is 3.33. The molecule has 0 saturated carbocycles. The topological polar surface area (TPSA) is 50.9 Å². The van der Waals surface area contributed by atoms with Crippen LogP contribution in [0.5, 0.6) is 0 Å². The molecule has 0 aliphatic carbocycles. The number of aromatic nitrogens is 1. The number of nitrogens with two attached hydrogens (primary N) is 1. The zero-order valence-electron chi connectivity index (χ0n) is 9.98. The third-order valence-corrected chi connectivity index (χ3v) is 2.68. The van der Waals surface area contributed by atoms with Gasteiger partial charge in [-0.15, -0.1) is 0 Å². The van der Waals surface area contributed by atoms with E-state index in [1.807, 2.05) is 36.7 Å². The molecule has 3 heteroatoms. The molecule has 0 spiro atoms. The van der Waals surface area contributed by atoms with E-state index in [4.69, 9.17) is 5.73 Å². The fourth-order valence-electron chi connectivity index (χ4n) is 1.64. The Morgan fingerprint density at radius 3 is 2.47 bits per heavy atom. The third kappa shape index (κ3) is 3.04. The summed E-state index contributed by atoms with van der Waals surface area (Å²) >= 11 is 0. The normalized spacial score (nSPS) is 10.2. The second kappa shape index (κ2) is 5.46. The molecule has 0 atom stereocenters. The Hall–Kier alpha value is -1.87. The number of rotatable bonds is 4. The maximum Gasteiger partial charge on any atom is 0.0573 e. The first-order valence-electron chi connectivity index (χ1n) is 5.81. The molecule has 2 rings (SSSR count). The van der Waals surface area contributed by atoms with Gasteiger partial charge in [0.25, 0.3) is 0 Å². The van der Waals surface area contributed by atoms with Crippen molar-refractivity contribution in [2.75, 3.05) is 5.32 Å². The summed E-state index contributed by atoms with van der Waals surface area (Å²) in [4.78, 5) is 4.20. The monoisotopic (exact) mass is 227 g/mol. The molecule has 0 aliphatic rings. The van der Waals surface area contributed by atoms with Gasteiger partial charge < -0.3 is 11.1 Å². The molecule has 0 aliphatic heterocycles. The van der Waals surface area contributed by atoms with Crippen molar-refractivity contribution in [1.82, 2.24) is 4.98 Å². The van der Waals surface area contributed by atoms with Crippen molar-refractivity contribution in [3.63, 3.8) is 0 Å². The molecule has 0 saturated heterocycles. The molecular formula is C14H17N3. The Labute approximate surface area is 102 Å². The fraction of sp³-hybridized carbons (Fsp3) is 0.214. The molecular weight excluding hydrogens is 210 g/mol. The summed E-state index contributed by atoms with van der Waals surface area (Å²) in [5.41, 5.74) is 10.00. The van der Waals surface area contributed by atoms with Crippen LogP contribution in [0.1, 0.15) is 18.1 Å². The van der Waals surface area contributed by atoms with Gasteiger partial charge in [-0.05, 0) is 35.7 Å². The minimum atomic E-state index is 0.577. The second-order valence-electron chi connectivity index (χ2n) is 3.96. The fourth-order valence-corrected chi connectivity index (χ4v) is 1.64. The highest BCUT2D eigenvalue weighted by atomic mass is 14.9. The van der Waals surface area contributed by atoms with E-state index < -0.39 is 0 Å². The Morgan fingerprint density at radius 2 is 1.82 bits per heavy atom. The first-order chi connectivity index (χ1) is 8.31. The number of anilines is 2. The largest absolute Gasteiger partial charge is 0.354 e. The van der Waals surface area contributed by atoms with Crippen LogP contribution in [0, 0.1) is 0 Å². The Morgan fingerprint density at radius 1 is 1.06 bits per heavy atom. The van der Waals surface area contributed by atoms with Gasteiger partial charge in [-0.3, -0.25) is 4.98 Å². The van der Waals surface area contributed by atoms with E-state index in [2.05, 4.69) is 23.3 Å². The molecule has 0 radical (unpaired) electrons. The lowest BCUT2D eigenvalue weighted by Gasteiger charge is -2.07. The molecule has 3 nitrogen and oxygen atoms in total. The van der Waals surface area contributed by atoms with Gasteiger partial charge in [-0.1, -0.05) is 19.1 Å². The molecule has 1 heterocycles. The van der Waals surface area contributed by atoms with Gasteiger partial charge in [0.05, 0.1) is 11.9 Å². The molecule has 17 heavy (non-hydrogen) atoms. The van der Waals surface area contributed by atoms with Crippen molar-refractivity contribution in [3.05, 3.63) is 53.9 Å². The van der Waals surface area contributed by atoms with Crippen LogP contribution >= 0.6 is 0 Å². The number of nitrogens with one attached hydrogen (secondary N) is 1. The molecule has 0 unspecified atom stereocenters. The zero-order chi connectivity index (χ0) is 12.1. The molecule has 0 amide bonds. The van der Waals surface area contributed by atoms with Gasteiger partial charge in [-0.2, -0.15) is 0 Å². The quantitative estimate of drug-likeness (QED) is 0.844. The van der Waals surface area contributed by atoms with Crippen LogP contribution in [0.25, 0.3) is 0 Å². The van der Waals surface area contributed by atoms with Crippen LogP contribution in [0.2, 0.25) is 0 Å². The predicted octanol–water partition coefficient (Wildman–Crippen LogP) is 2.85. The van der Waals surface area contributed by atoms with Crippen LogP contribution < -0.4 is 11.1 Å². The van der Waals surface area contributed by atoms with Crippen molar-refractivity contribution >= 4 is 11.4 Å². The second-order valence-corrected chi connectivity index (χ2v) is 3.96. The summed E-state index contributed by atoms with van der Waals surface area (Å²) in [6, 6.07) is 10.2. The van der Waals surface area contributed by atoms with Crippen molar-refractivity contribution in [3.8, 4) is 0 Å². The molecule has 0 bridgehead atoms. The minimum Gasteiger partial charge on any atom is -0.354 e. The van der Waals surface area contributed by atoms with Gasteiger partial charge in [0, 0.05) is 18.4 Å². The SMILES string of the molecule is CCc1cncc(Nc2ccc(CN)cc2)c1. The van der Waals surface area contributed by atoms with E-state index in [9.17, 15) is 0 Å². The summed E-state index contributed by atoms with van der Waals surface area (Å²) in [7, 11) is 0.